The Hall–Kier alpha value is -2.45. The molecule has 6 aliphatic rings. The molecule has 0 radical (unpaired) electrons. The molecule has 6 rings (SSSR count). The monoisotopic (exact) mass is 459 g/mol. The molecule has 1 heterocycles. The van der Waals surface area contributed by atoms with Crippen molar-refractivity contribution in [3.05, 3.63) is 0 Å². The van der Waals surface area contributed by atoms with E-state index in [1.54, 1.807) is 0 Å². The lowest BCUT2D eigenvalue weighted by molar-refractivity contribution is -0.159. The van der Waals surface area contributed by atoms with E-state index in [0.717, 1.165) is 37.0 Å². The molecule has 1 saturated heterocycles. The third kappa shape index (κ3) is 4.15. The lowest BCUT2D eigenvalue weighted by Gasteiger charge is -2.56. The van der Waals surface area contributed by atoms with Crippen molar-refractivity contribution in [1.82, 2.24) is 15.5 Å². The van der Waals surface area contributed by atoms with Gasteiger partial charge in [0.05, 0.1) is 11.8 Å². The van der Waals surface area contributed by atoms with E-state index in [2.05, 4.69) is 10.6 Å². The zero-order valence-electron chi connectivity index (χ0n) is 19.1. The molecule has 0 aromatic rings. The number of hydrogen-bond donors (Lipinski definition) is 2. The molecule has 4 bridgehead atoms. The van der Waals surface area contributed by atoms with E-state index in [4.69, 9.17) is 4.74 Å². The quantitative estimate of drug-likeness (QED) is 0.478. The Labute approximate surface area is 193 Å². The second-order valence-corrected chi connectivity index (χ2v) is 11.0. The summed E-state index contributed by atoms with van der Waals surface area (Å²) in [5, 5.41) is 5.31. The average Bonchev–Trinajstić information content (AvgIpc) is 3.00. The molecule has 3 atom stereocenters. The van der Waals surface area contributed by atoms with Crippen molar-refractivity contribution >= 4 is 29.7 Å². The number of nitrogens with zero attached hydrogens (tertiary/aromatic N) is 1. The molecule has 9 nitrogen and oxygen atoms in total. The summed E-state index contributed by atoms with van der Waals surface area (Å²) < 4.78 is 5.05. The summed E-state index contributed by atoms with van der Waals surface area (Å²) in [6.07, 6.45) is 9.77. The zero-order valence-corrected chi connectivity index (χ0v) is 19.1. The third-order valence-corrected chi connectivity index (χ3v) is 8.62. The standard InChI is InChI=1S/C24H33N3O6/c1-13(27-20(29)17-4-2-3-5-18(17)21(27)30)22(31)33-12-19(28)25-23(32)26-24-9-14-6-15(10-24)8-16(7-14)11-24/h13-18H,2-12H2,1H3,(H2,25,26,28,32)/t13-,14?,15?,16?,17?,18?,24?/m0/s1. The van der Waals surface area contributed by atoms with E-state index in [1.165, 1.54) is 26.2 Å². The average molecular weight is 460 g/mol. The molecule has 2 N–H and O–H groups in total. The van der Waals surface area contributed by atoms with Gasteiger partial charge in [0.25, 0.3) is 5.91 Å². The van der Waals surface area contributed by atoms with Crippen LogP contribution in [-0.2, 0) is 23.9 Å². The number of fused-ring (bicyclic) bond motifs is 1. The second-order valence-electron chi connectivity index (χ2n) is 11.0. The van der Waals surface area contributed by atoms with E-state index in [9.17, 15) is 24.0 Å². The van der Waals surface area contributed by atoms with Gasteiger partial charge in [0, 0.05) is 5.54 Å². The van der Waals surface area contributed by atoms with E-state index in [1.807, 2.05) is 0 Å². The van der Waals surface area contributed by atoms with Crippen LogP contribution in [0.5, 0.6) is 0 Å². The summed E-state index contributed by atoms with van der Waals surface area (Å²) in [4.78, 5) is 63.5. The summed E-state index contributed by atoms with van der Waals surface area (Å²) in [5.74, 6) is -0.922. The SMILES string of the molecule is C[C@@H](C(=O)OCC(=O)NC(=O)NC12CC3CC(CC(C3)C1)C2)N1C(=O)C2CCCCC2C1=O. The molecule has 180 valence electrons. The minimum atomic E-state index is -1.09. The summed E-state index contributed by atoms with van der Waals surface area (Å²) in [5.41, 5.74) is -0.225. The number of carbonyl (C=O) groups excluding carboxylic acids is 5. The predicted molar refractivity (Wildman–Crippen MR) is 115 cm³/mol. The molecule has 2 unspecified atom stereocenters. The van der Waals surface area contributed by atoms with Crippen molar-refractivity contribution in [1.29, 1.82) is 0 Å². The van der Waals surface area contributed by atoms with Crippen LogP contribution in [0.1, 0.15) is 71.1 Å². The lowest BCUT2D eigenvalue weighted by atomic mass is 9.53. The maximum Gasteiger partial charge on any atom is 0.329 e. The maximum atomic E-state index is 12.6. The fourth-order valence-corrected chi connectivity index (χ4v) is 7.63. The Balaban J connectivity index is 1.10. The van der Waals surface area contributed by atoms with Gasteiger partial charge in [-0.2, -0.15) is 0 Å². The van der Waals surface area contributed by atoms with E-state index < -0.39 is 30.6 Å². The maximum absolute atomic E-state index is 12.6. The fourth-order valence-electron chi connectivity index (χ4n) is 7.63. The van der Waals surface area contributed by atoms with Gasteiger partial charge >= 0.3 is 12.0 Å². The van der Waals surface area contributed by atoms with Gasteiger partial charge in [-0.05, 0) is 76.0 Å². The van der Waals surface area contributed by atoms with Gasteiger partial charge in [-0.25, -0.2) is 9.59 Å². The number of likely N-dealkylation sites (tertiary alicyclic amines) is 1. The number of urea groups is 1. The van der Waals surface area contributed by atoms with Crippen molar-refractivity contribution in [2.75, 3.05) is 6.61 Å². The largest absolute Gasteiger partial charge is 0.454 e. The predicted octanol–water partition coefficient (Wildman–Crippen LogP) is 1.89. The fraction of sp³-hybridized carbons (Fsp3) is 0.792. The first-order chi connectivity index (χ1) is 15.7. The molecule has 9 heteroatoms. The van der Waals surface area contributed by atoms with Crippen molar-refractivity contribution in [3.8, 4) is 0 Å². The van der Waals surface area contributed by atoms with Gasteiger partial charge in [-0.3, -0.25) is 24.6 Å². The van der Waals surface area contributed by atoms with Crippen LogP contribution in [0.4, 0.5) is 4.79 Å². The Bertz CT molecular complexity index is 826. The van der Waals surface area contributed by atoms with Crippen LogP contribution in [0, 0.1) is 29.6 Å². The van der Waals surface area contributed by atoms with E-state index in [0.29, 0.717) is 30.6 Å². The number of carbonyl (C=O) groups is 5. The van der Waals surface area contributed by atoms with Gasteiger partial charge < -0.3 is 10.1 Å². The molecule has 33 heavy (non-hydrogen) atoms. The summed E-state index contributed by atoms with van der Waals surface area (Å²) >= 11 is 0. The van der Waals surface area contributed by atoms with Gasteiger partial charge in [-0.15, -0.1) is 0 Å². The number of rotatable bonds is 5. The first kappa shape index (κ1) is 22.3. The zero-order chi connectivity index (χ0) is 23.3. The molecule has 0 spiro atoms. The van der Waals surface area contributed by atoms with Crippen LogP contribution >= 0.6 is 0 Å². The normalized spacial score (nSPS) is 37.5. The smallest absolute Gasteiger partial charge is 0.329 e. The van der Waals surface area contributed by atoms with Gasteiger partial charge in [0.2, 0.25) is 11.8 Å². The van der Waals surface area contributed by atoms with E-state index >= 15 is 0 Å². The Kier molecular flexibility index (Phi) is 5.69. The van der Waals surface area contributed by atoms with Crippen molar-refractivity contribution in [2.45, 2.75) is 82.7 Å². The summed E-state index contributed by atoms with van der Waals surface area (Å²) in [7, 11) is 0. The van der Waals surface area contributed by atoms with Crippen LogP contribution in [-0.4, -0.2) is 52.8 Å². The molecular formula is C24H33N3O6. The molecule has 5 amide bonds. The molecule has 6 fully saturated rings. The third-order valence-electron chi connectivity index (χ3n) is 8.62. The second kappa shape index (κ2) is 8.40. The van der Waals surface area contributed by atoms with Gasteiger partial charge in [-0.1, -0.05) is 12.8 Å². The minimum absolute atomic E-state index is 0.225. The lowest BCUT2D eigenvalue weighted by Crippen LogP contribution is -2.62. The molecule has 1 aliphatic heterocycles. The summed E-state index contributed by atoms with van der Waals surface area (Å²) in [6.45, 7) is 0.799. The van der Waals surface area contributed by atoms with Crippen LogP contribution < -0.4 is 10.6 Å². The number of ether oxygens (including phenoxy) is 1. The highest BCUT2D eigenvalue weighted by Crippen LogP contribution is 2.55. The number of hydrogen-bond acceptors (Lipinski definition) is 6. The van der Waals surface area contributed by atoms with E-state index in [-0.39, 0.29) is 29.2 Å². The summed E-state index contributed by atoms with van der Waals surface area (Å²) in [6, 6.07) is -1.65. The first-order valence-corrected chi connectivity index (χ1v) is 12.4. The van der Waals surface area contributed by atoms with Crippen LogP contribution in [0.3, 0.4) is 0 Å². The Morgan fingerprint density at radius 2 is 1.48 bits per heavy atom. The molecule has 5 aliphatic carbocycles. The number of esters is 1. The van der Waals surface area contributed by atoms with Crippen LogP contribution in [0.15, 0.2) is 0 Å². The van der Waals surface area contributed by atoms with Crippen molar-refractivity contribution in [3.63, 3.8) is 0 Å². The van der Waals surface area contributed by atoms with Gasteiger partial charge in [0.1, 0.15) is 6.04 Å². The molecule has 0 aromatic heterocycles. The molecule has 0 aromatic carbocycles. The number of nitrogens with one attached hydrogen (secondary N) is 2. The first-order valence-electron chi connectivity index (χ1n) is 12.4. The highest BCUT2D eigenvalue weighted by atomic mass is 16.5. The minimum Gasteiger partial charge on any atom is -0.454 e. The highest BCUT2D eigenvalue weighted by molar-refractivity contribution is 6.08. The van der Waals surface area contributed by atoms with Crippen LogP contribution in [0.2, 0.25) is 0 Å². The molecule has 5 saturated carbocycles. The van der Waals surface area contributed by atoms with Crippen molar-refractivity contribution in [2.24, 2.45) is 29.6 Å². The number of imide groups is 2. The highest BCUT2D eigenvalue weighted by Gasteiger charge is 2.52. The van der Waals surface area contributed by atoms with Gasteiger partial charge in [0.15, 0.2) is 6.61 Å². The number of amides is 5. The van der Waals surface area contributed by atoms with Crippen LogP contribution in [0.25, 0.3) is 0 Å². The topological polar surface area (TPSA) is 122 Å². The Morgan fingerprint density at radius 1 is 0.970 bits per heavy atom. The van der Waals surface area contributed by atoms with Crippen molar-refractivity contribution < 1.29 is 28.7 Å². The Morgan fingerprint density at radius 3 is 2.00 bits per heavy atom. The molecular weight excluding hydrogens is 426 g/mol.